The van der Waals surface area contributed by atoms with Crippen LogP contribution in [-0.4, -0.2) is 25.7 Å². The number of rotatable bonds is 4. The number of aromatic nitrogens is 3. The summed E-state index contributed by atoms with van der Waals surface area (Å²) in [6.07, 6.45) is 6.08. The predicted octanol–water partition coefficient (Wildman–Crippen LogP) is 3.81. The highest BCUT2D eigenvalue weighted by Crippen LogP contribution is 2.42. The van der Waals surface area contributed by atoms with Crippen LogP contribution < -0.4 is 5.32 Å². The molecule has 7 heteroatoms. The van der Waals surface area contributed by atoms with E-state index in [-0.39, 0.29) is 12.1 Å². The van der Waals surface area contributed by atoms with E-state index in [1.54, 1.807) is 11.3 Å². The predicted molar refractivity (Wildman–Crippen MR) is 104 cm³/mol. The van der Waals surface area contributed by atoms with Crippen molar-refractivity contribution in [1.82, 2.24) is 25.0 Å². The van der Waals surface area contributed by atoms with E-state index in [1.807, 2.05) is 52.3 Å². The molecule has 6 nitrogen and oxygen atoms in total. The quantitative estimate of drug-likeness (QED) is 0.750. The Balaban J connectivity index is 1.32. The van der Waals surface area contributed by atoms with Crippen LogP contribution in [0.25, 0.3) is 5.69 Å². The van der Waals surface area contributed by atoms with Gasteiger partial charge in [-0.05, 0) is 37.8 Å². The summed E-state index contributed by atoms with van der Waals surface area (Å²) in [5.41, 5.74) is 3.22. The molecular weight excluding hydrogens is 358 g/mol. The molecule has 5 rings (SSSR count). The van der Waals surface area contributed by atoms with Crippen LogP contribution >= 0.6 is 11.3 Å². The smallest absolute Gasteiger partial charge is 0.318 e. The van der Waals surface area contributed by atoms with Crippen molar-refractivity contribution in [3.63, 3.8) is 0 Å². The van der Waals surface area contributed by atoms with Crippen LogP contribution in [0.4, 0.5) is 4.79 Å². The van der Waals surface area contributed by atoms with Gasteiger partial charge in [-0.25, -0.2) is 14.5 Å². The third-order valence-electron chi connectivity index (χ3n) is 5.22. The fourth-order valence-corrected chi connectivity index (χ4v) is 4.56. The van der Waals surface area contributed by atoms with Crippen LogP contribution in [0.2, 0.25) is 0 Å². The number of carbonyl (C=O) groups is 1. The van der Waals surface area contributed by atoms with Crippen LogP contribution in [0.3, 0.4) is 0 Å². The molecule has 27 heavy (non-hydrogen) atoms. The standard InChI is InChI=1S/C20H21N5OS/c1-13-9-21-19(27-13)18(14-7-8-14)23-20(26)24-11-15-10-22-25(17(15)12-24)16-5-3-2-4-6-16/h2-6,9-10,14,18H,7-8,11-12H2,1H3,(H,23,26). The molecule has 1 N–H and O–H groups in total. The van der Waals surface area contributed by atoms with E-state index in [2.05, 4.69) is 22.3 Å². The van der Waals surface area contributed by atoms with Crippen molar-refractivity contribution in [3.05, 3.63) is 63.9 Å². The van der Waals surface area contributed by atoms with Crippen LogP contribution in [0.1, 0.15) is 40.0 Å². The minimum atomic E-state index is -0.0180. The first-order valence-corrected chi connectivity index (χ1v) is 10.1. The molecule has 3 heterocycles. The molecule has 1 saturated carbocycles. The first-order chi connectivity index (χ1) is 13.2. The van der Waals surface area contributed by atoms with Crippen molar-refractivity contribution in [3.8, 4) is 5.69 Å². The first kappa shape index (κ1) is 16.5. The maximum Gasteiger partial charge on any atom is 0.318 e. The number of benzene rings is 1. The number of hydrogen-bond acceptors (Lipinski definition) is 4. The van der Waals surface area contributed by atoms with Gasteiger partial charge in [0.05, 0.1) is 36.7 Å². The van der Waals surface area contributed by atoms with E-state index in [1.165, 1.54) is 4.88 Å². The fourth-order valence-electron chi connectivity index (χ4n) is 3.64. The topological polar surface area (TPSA) is 63.1 Å². The number of amides is 2. The summed E-state index contributed by atoms with van der Waals surface area (Å²) in [5, 5.41) is 8.76. The van der Waals surface area contributed by atoms with Gasteiger partial charge in [0, 0.05) is 16.6 Å². The summed E-state index contributed by atoms with van der Waals surface area (Å²) in [4.78, 5) is 20.5. The second-order valence-electron chi connectivity index (χ2n) is 7.29. The number of nitrogens with zero attached hydrogens (tertiary/aromatic N) is 4. The van der Waals surface area contributed by atoms with Crippen molar-refractivity contribution < 1.29 is 4.79 Å². The maximum atomic E-state index is 12.9. The van der Waals surface area contributed by atoms with Gasteiger partial charge in [0.25, 0.3) is 0 Å². The zero-order valence-corrected chi connectivity index (χ0v) is 15.9. The Morgan fingerprint density at radius 1 is 1.22 bits per heavy atom. The highest BCUT2D eigenvalue weighted by Gasteiger charge is 2.37. The second kappa shape index (κ2) is 6.49. The lowest BCUT2D eigenvalue weighted by atomic mass is 10.2. The molecule has 0 bridgehead atoms. The van der Waals surface area contributed by atoms with Gasteiger partial charge in [0.1, 0.15) is 5.01 Å². The van der Waals surface area contributed by atoms with Gasteiger partial charge in [-0.15, -0.1) is 11.3 Å². The molecule has 1 aliphatic carbocycles. The SMILES string of the molecule is Cc1cnc(C(NC(=O)N2Cc3cnn(-c4ccccc4)c3C2)C2CC2)s1. The number of nitrogens with one attached hydrogen (secondary N) is 1. The largest absolute Gasteiger partial charge is 0.328 e. The van der Waals surface area contributed by atoms with Crippen molar-refractivity contribution in [2.45, 2.75) is 38.9 Å². The average molecular weight is 379 g/mol. The summed E-state index contributed by atoms with van der Waals surface area (Å²) in [7, 11) is 0. The lowest BCUT2D eigenvalue weighted by Gasteiger charge is -2.22. The molecule has 1 unspecified atom stereocenters. The summed E-state index contributed by atoms with van der Waals surface area (Å²) >= 11 is 1.68. The molecule has 3 aromatic rings. The van der Waals surface area contributed by atoms with Gasteiger partial charge in [-0.2, -0.15) is 5.10 Å². The van der Waals surface area contributed by atoms with E-state index in [4.69, 9.17) is 0 Å². The molecule has 2 aliphatic rings. The Kier molecular flexibility index (Phi) is 3.97. The van der Waals surface area contributed by atoms with E-state index in [0.29, 0.717) is 19.0 Å². The van der Waals surface area contributed by atoms with Gasteiger partial charge >= 0.3 is 6.03 Å². The highest BCUT2D eigenvalue weighted by atomic mass is 32.1. The Morgan fingerprint density at radius 3 is 2.74 bits per heavy atom. The summed E-state index contributed by atoms with van der Waals surface area (Å²) in [6, 6.07) is 10.1. The molecule has 0 spiro atoms. The molecule has 1 atom stereocenters. The molecule has 0 saturated heterocycles. The number of para-hydroxylation sites is 1. The van der Waals surface area contributed by atoms with E-state index >= 15 is 0 Å². The Labute approximate surface area is 161 Å². The lowest BCUT2D eigenvalue weighted by Crippen LogP contribution is -2.39. The van der Waals surface area contributed by atoms with Gasteiger partial charge in [0.15, 0.2) is 0 Å². The number of aryl methyl sites for hydroxylation is 1. The summed E-state index contributed by atoms with van der Waals surface area (Å²) < 4.78 is 1.94. The van der Waals surface area contributed by atoms with Gasteiger partial charge < -0.3 is 10.2 Å². The number of carbonyl (C=O) groups excluding carboxylic acids is 1. The summed E-state index contributed by atoms with van der Waals surface area (Å²) in [6.45, 7) is 3.23. The number of urea groups is 1. The van der Waals surface area contributed by atoms with Crippen LogP contribution in [0.5, 0.6) is 0 Å². The Hall–Kier alpha value is -2.67. The highest BCUT2D eigenvalue weighted by molar-refractivity contribution is 7.11. The normalized spacial score (nSPS) is 17.0. The Bertz CT molecular complexity index is 975. The van der Waals surface area contributed by atoms with E-state index < -0.39 is 0 Å². The molecule has 1 aliphatic heterocycles. The zero-order valence-electron chi connectivity index (χ0n) is 15.1. The molecule has 1 fully saturated rings. The fraction of sp³-hybridized carbons (Fsp3) is 0.350. The third-order valence-corrected chi connectivity index (χ3v) is 6.22. The molecule has 2 amide bonds. The van der Waals surface area contributed by atoms with Crippen molar-refractivity contribution in [1.29, 1.82) is 0 Å². The van der Waals surface area contributed by atoms with Crippen molar-refractivity contribution in [2.24, 2.45) is 5.92 Å². The minimum Gasteiger partial charge on any atom is -0.328 e. The second-order valence-corrected chi connectivity index (χ2v) is 8.56. The van der Waals surface area contributed by atoms with E-state index in [0.717, 1.165) is 34.8 Å². The van der Waals surface area contributed by atoms with Gasteiger partial charge in [-0.3, -0.25) is 0 Å². The van der Waals surface area contributed by atoms with Crippen LogP contribution in [0, 0.1) is 12.8 Å². The monoisotopic (exact) mass is 379 g/mol. The molecule has 1 aromatic carbocycles. The van der Waals surface area contributed by atoms with Crippen molar-refractivity contribution >= 4 is 17.4 Å². The molecule has 138 valence electrons. The average Bonchev–Trinajstić information content (AvgIpc) is 3.09. The van der Waals surface area contributed by atoms with Gasteiger partial charge in [0.2, 0.25) is 0 Å². The Morgan fingerprint density at radius 2 is 2.04 bits per heavy atom. The minimum absolute atomic E-state index is 0.0180. The summed E-state index contributed by atoms with van der Waals surface area (Å²) in [5.74, 6) is 0.518. The maximum absolute atomic E-state index is 12.9. The molecule has 2 aromatic heterocycles. The zero-order chi connectivity index (χ0) is 18.4. The van der Waals surface area contributed by atoms with Crippen LogP contribution in [-0.2, 0) is 13.1 Å². The molecular formula is C20H21N5OS. The number of thiazole rings is 1. The van der Waals surface area contributed by atoms with Crippen LogP contribution in [0.15, 0.2) is 42.7 Å². The first-order valence-electron chi connectivity index (χ1n) is 9.28. The van der Waals surface area contributed by atoms with Crippen molar-refractivity contribution in [2.75, 3.05) is 0 Å². The number of fused-ring (bicyclic) bond motifs is 1. The van der Waals surface area contributed by atoms with E-state index in [9.17, 15) is 4.79 Å². The molecule has 0 radical (unpaired) electrons. The van der Waals surface area contributed by atoms with Gasteiger partial charge in [-0.1, -0.05) is 18.2 Å². The lowest BCUT2D eigenvalue weighted by molar-refractivity contribution is 0.192. The number of hydrogen-bond donors (Lipinski definition) is 1. The third kappa shape index (κ3) is 3.12.